The summed E-state index contributed by atoms with van der Waals surface area (Å²) in [4.78, 5) is 10.4. The summed E-state index contributed by atoms with van der Waals surface area (Å²) in [6.45, 7) is -4.55. The van der Waals surface area contributed by atoms with Gasteiger partial charge in [0.2, 0.25) is 0 Å². The van der Waals surface area contributed by atoms with E-state index in [1.54, 1.807) is 42.6 Å². The minimum atomic E-state index is -2.35. The van der Waals surface area contributed by atoms with Crippen LogP contribution in [-0.2, 0) is 0 Å². The van der Waals surface area contributed by atoms with E-state index in [0.717, 1.165) is 72.1 Å². The second-order valence-electron chi connectivity index (χ2n) is 15.2. The lowest BCUT2D eigenvalue weighted by molar-refractivity contribution is 0.477. The van der Waals surface area contributed by atoms with Gasteiger partial charge in [-0.05, 0) is 109 Å². The number of aryl methyl sites for hydroxylation is 2. The molecule has 0 saturated carbocycles. The summed E-state index contributed by atoms with van der Waals surface area (Å²) in [5.74, 6) is 0.535. The van der Waals surface area contributed by atoms with Crippen molar-refractivity contribution in [2.24, 2.45) is 0 Å². The molecule has 0 aliphatic rings. The van der Waals surface area contributed by atoms with Gasteiger partial charge < -0.3 is 9.67 Å². The number of nitrogens with zero attached hydrogens (tertiary/aromatic N) is 4. The highest BCUT2D eigenvalue weighted by atomic mass is 16.3. The third-order valence-corrected chi connectivity index (χ3v) is 11.5. The monoisotopic (exact) mass is 790 g/mol. The van der Waals surface area contributed by atoms with Crippen LogP contribution in [0.5, 0.6) is 5.75 Å². The molecule has 1 N–H and O–H groups in total. The van der Waals surface area contributed by atoms with Gasteiger partial charge in [0.1, 0.15) is 11.6 Å². The molecule has 0 unspecified atom stereocenters. The first-order valence-electron chi connectivity index (χ1n) is 23.1. The zero-order valence-corrected chi connectivity index (χ0v) is 32.8. The Labute approximate surface area is 362 Å². The highest BCUT2D eigenvalue weighted by Gasteiger charge is 2.25. The average Bonchev–Trinajstić information content (AvgIpc) is 3.90. The first kappa shape index (κ1) is 30.1. The smallest absolute Gasteiger partial charge is 0.149 e. The maximum absolute atomic E-state index is 11.5. The van der Waals surface area contributed by atoms with Crippen molar-refractivity contribution in [1.82, 2.24) is 19.1 Å². The summed E-state index contributed by atoms with van der Waals surface area (Å²) in [6.07, 6.45) is 1.78. The van der Waals surface area contributed by atoms with E-state index in [4.69, 9.17) is 18.2 Å². The van der Waals surface area contributed by atoms with Crippen LogP contribution in [0, 0.1) is 13.7 Å². The van der Waals surface area contributed by atoms with Crippen molar-refractivity contribution in [3.63, 3.8) is 0 Å². The Balaban J connectivity index is 1.22. The highest BCUT2D eigenvalue weighted by Crippen LogP contribution is 2.45. The molecule has 0 saturated heterocycles. The number of para-hydroxylation sites is 4. The lowest BCUT2D eigenvalue weighted by Gasteiger charge is -2.16. The van der Waals surface area contributed by atoms with Crippen molar-refractivity contribution in [3.05, 3.63) is 211 Å². The number of fused-ring (bicyclic) bond motifs is 4. The van der Waals surface area contributed by atoms with Gasteiger partial charge in [-0.25, -0.2) is 4.98 Å². The Morgan fingerprint density at radius 2 is 1.20 bits per heavy atom. The third kappa shape index (κ3) is 6.18. The molecule has 3 heterocycles. The van der Waals surface area contributed by atoms with E-state index in [-0.39, 0.29) is 16.9 Å². The number of pyridine rings is 1. The van der Waals surface area contributed by atoms with E-state index in [0.29, 0.717) is 28.2 Å². The minimum absolute atomic E-state index is 0.0512. The van der Waals surface area contributed by atoms with Crippen LogP contribution in [0.3, 0.4) is 0 Å². The van der Waals surface area contributed by atoms with Gasteiger partial charge in [-0.2, -0.15) is 0 Å². The summed E-state index contributed by atoms with van der Waals surface area (Å²) in [5, 5.41) is 13.6. The Bertz CT molecular complexity index is 3670. The maximum Gasteiger partial charge on any atom is 0.149 e. The van der Waals surface area contributed by atoms with Crippen LogP contribution in [0.4, 0.5) is 0 Å². The van der Waals surface area contributed by atoms with Crippen molar-refractivity contribution in [1.29, 1.82) is 0 Å². The summed E-state index contributed by atoms with van der Waals surface area (Å²) in [6, 6.07) is 62.1. The van der Waals surface area contributed by atoms with Crippen LogP contribution >= 0.6 is 0 Å². The standard InChI is InChI=1S/C56H40N4O/c1-36-24-27-38(28-25-36)40-30-31-57-48(34-40)41-33-47(54-44-18-9-11-21-49(44)59(52(54)35-41)42-16-7-4-8-17-42)43-20-13-22-51-55(43)58-56(45-19-10-12-23-53(45)61)60(51)50-29-26-37(2)32-46(50)39-14-5-3-6-15-39/h3-35,61H,1-2H3/i1D3,2D3. The molecule has 5 heteroatoms. The predicted octanol–water partition coefficient (Wildman–Crippen LogP) is 14.2. The maximum atomic E-state index is 11.5. The second-order valence-corrected chi connectivity index (χ2v) is 15.2. The fraction of sp³-hybridized carbons (Fsp3) is 0.0357. The lowest BCUT2D eigenvalue weighted by Crippen LogP contribution is -2.01. The quantitative estimate of drug-likeness (QED) is 0.175. The van der Waals surface area contributed by atoms with E-state index in [9.17, 15) is 5.11 Å². The molecule has 0 amide bonds. The number of benzene rings is 8. The molecule has 3 aromatic heterocycles. The Hall–Kier alpha value is -8.02. The molecule has 61 heavy (non-hydrogen) atoms. The number of aromatic nitrogens is 4. The van der Waals surface area contributed by atoms with Gasteiger partial charge >= 0.3 is 0 Å². The molecule has 0 radical (unpaired) electrons. The summed E-state index contributed by atoms with van der Waals surface area (Å²) >= 11 is 0. The molecule has 0 aliphatic carbocycles. The van der Waals surface area contributed by atoms with Gasteiger partial charge in [0.15, 0.2) is 0 Å². The molecule has 8 aromatic carbocycles. The molecule has 290 valence electrons. The summed E-state index contributed by atoms with van der Waals surface area (Å²) in [5.41, 5.74) is 12.7. The second kappa shape index (κ2) is 14.7. The molecular weight excluding hydrogens is 745 g/mol. The lowest BCUT2D eigenvalue weighted by atomic mass is 9.94. The van der Waals surface area contributed by atoms with Gasteiger partial charge in [-0.3, -0.25) is 9.55 Å². The molecule has 0 bridgehead atoms. The number of hydrogen-bond acceptors (Lipinski definition) is 3. The molecule has 11 rings (SSSR count). The van der Waals surface area contributed by atoms with Crippen molar-refractivity contribution in [2.45, 2.75) is 13.7 Å². The topological polar surface area (TPSA) is 55.9 Å². The van der Waals surface area contributed by atoms with E-state index >= 15 is 0 Å². The van der Waals surface area contributed by atoms with Crippen LogP contribution in [0.1, 0.15) is 19.4 Å². The molecule has 11 aromatic rings. The molecular formula is C56H40N4O. The van der Waals surface area contributed by atoms with Crippen molar-refractivity contribution >= 4 is 32.8 Å². The van der Waals surface area contributed by atoms with Crippen molar-refractivity contribution < 1.29 is 13.3 Å². The van der Waals surface area contributed by atoms with E-state index in [1.807, 2.05) is 114 Å². The average molecular weight is 791 g/mol. The normalized spacial score (nSPS) is 13.4. The number of imidazole rings is 1. The van der Waals surface area contributed by atoms with E-state index in [1.165, 1.54) is 0 Å². The SMILES string of the molecule is [2H]C([2H])([2H])c1ccc(-c2ccnc(-c3cc(-c4cccc5c4nc(-c4ccccc4O)n5-c4ccc(C([2H])([2H])[2H])cc4-c4ccccc4)c4c5ccccc5n(-c5ccccc5)c4c3)c2)cc1. The molecule has 0 aliphatic heterocycles. The zero-order valence-electron chi connectivity index (χ0n) is 38.8. The van der Waals surface area contributed by atoms with Gasteiger partial charge in [-0.15, -0.1) is 0 Å². The Morgan fingerprint density at radius 1 is 0.475 bits per heavy atom. The summed E-state index contributed by atoms with van der Waals surface area (Å²) < 4.78 is 53.0. The van der Waals surface area contributed by atoms with Crippen LogP contribution in [0.2, 0.25) is 0 Å². The van der Waals surface area contributed by atoms with Crippen molar-refractivity contribution in [2.75, 3.05) is 0 Å². The first-order chi connectivity index (χ1) is 32.4. The minimum Gasteiger partial charge on any atom is -0.507 e. The summed E-state index contributed by atoms with van der Waals surface area (Å²) in [7, 11) is 0. The predicted molar refractivity (Wildman–Crippen MR) is 252 cm³/mol. The highest BCUT2D eigenvalue weighted by molar-refractivity contribution is 6.19. The fourth-order valence-corrected chi connectivity index (χ4v) is 8.73. The molecule has 5 nitrogen and oxygen atoms in total. The first-order valence-corrected chi connectivity index (χ1v) is 20.1. The number of aromatic hydroxyl groups is 1. The van der Waals surface area contributed by atoms with Crippen LogP contribution in [-0.4, -0.2) is 24.2 Å². The number of phenols is 1. The molecule has 0 fully saturated rings. The zero-order chi connectivity index (χ0) is 46.0. The van der Waals surface area contributed by atoms with E-state index in [2.05, 4.69) is 53.1 Å². The molecule has 0 spiro atoms. The van der Waals surface area contributed by atoms with Gasteiger partial charge in [0, 0.05) is 47.6 Å². The van der Waals surface area contributed by atoms with Gasteiger partial charge in [-0.1, -0.05) is 132 Å². The Kier molecular flexibility index (Phi) is 7.23. The van der Waals surface area contributed by atoms with E-state index < -0.39 is 13.7 Å². The van der Waals surface area contributed by atoms with Crippen LogP contribution in [0.25, 0.3) is 100 Å². The van der Waals surface area contributed by atoms with Crippen molar-refractivity contribution in [3.8, 4) is 73.2 Å². The number of rotatable bonds is 7. The van der Waals surface area contributed by atoms with Crippen LogP contribution < -0.4 is 0 Å². The van der Waals surface area contributed by atoms with Gasteiger partial charge in [0.05, 0.1) is 39.0 Å². The third-order valence-electron chi connectivity index (χ3n) is 11.5. The largest absolute Gasteiger partial charge is 0.507 e. The number of phenolic OH excluding ortho intramolecular Hbond substituents is 1. The molecule has 0 atom stereocenters. The van der Waals surface area contributed by atoms with Gasteiger partial charge in [0.25, 0.3) is 0 Å². The van der Waals surface area contributed by atoms with Crippen LogP contribution in [0.15, 0.2) is 200 Å². The fourth-order valence-electron chi connectivity index (χ4n) is 8.73. The number of hydrogen-bond donors (Lipinski definition) is 1. The Morgan fingerprint density at radius 3 is 2.02 bits per heavy atom.